The molecule has 1 aliphatic rings. The standard InChI is InChI=1S/C13H18Cl2N2/c1-2-10-3-5-17(6-4-10)13-7-11(8-14)12(15)9-16-13/h7,9-10H,2-6,8H2,1H3. The van der Waals surface area contributed by atoms with E-state index in [4.69, 9.17) is 23.2 Å². The summed E-state index contributed by atoms with van der Waals surface area (Å²) in [7, 11) is 0. The fourth-order valence-corrected chi connectivity index (χ4v) is 2.77. The molecule has 0 aromatic carbocycles. The number of aromatic nitrogens is 1. The highest BCUT2D eigenvalue weighted by Crippen LogP contribution is 2.26. The van der Waals surface area contributed by atoms with Gasteiger partial charge in [-0.25, -0.2) is 4.98 Å². The Kier molecular flexibility index (Phi) is 4.52. The maximum Gasteiger partial charge on any atom is 0.128 e. The van der Waals surface area contributed by atoms with Crippen LogP contribution in [0.3, 0.4) is 0 Å². The fraction of sp³-hybridized carbons (Fsp3) is 0.615. The molecule has 94 valence electrons. The van der Waals surface area contributed by atoms with E-state index in [2.05, 4.69) is 16.8 Å². The summed E-state index contributed by atoms with van der Waals surface area (Å²) in [6.45, 7) is 4.45. The molecular weight excluding hydrogens is 255 g/mol. The van der Waals surface area contributed by atoms with Crippen LogP contribution in [-0.4, -0.2) is 18.1 Å². The predicted molar refractivity (Wildman–Crippen MR) is 74.0 cm³/mol. The molecular formula is C13H18Cl2N2. The van der Waals surface area contributed by atoms with E-state index in [9.17, 15) is 0 Å². The lowest BCUT2D eigenvalue weighted by Crippen LogP contribution is -2.34. The Hall–Kier alpha value is -0.470. The molecule has 0 unspecified atom stereocenters. The second kappa shape index (κ2) is 5.92. The van der Waals surface area contributed by atoms with Gasteiger partial charge in [0.25, 0.3) is 0 Å². The molecule has 1 saturated heterocycles. The van der Waals surface area contributed by atoms with Crippen molar-refractivity contribution in [3.63, 3.8) is 0 Å². The zero-order valence-corrected chi connectivity index (χ0v) is 11.6. The average Bonchev–Trinajstić information content (AvgIpc) is 2.39. The number of pyridine rings is 1. The smallest absolute Gasteiger partial charge is 0.128 e. The van der Waals surface area contributed by atoms with Crippen molar-refractivity contribution in [1.29, 1.82) is 0 Å². The predicted octanol–water partition coefficient (Wildman–Crippen LogP) is 4.10. The highest BCUT2D eigenvalue weighted by molar-refractivity contribution is 6.32. The minimum Gasteiger partial charge on any atom is -0.357 e. The van der Waals surface area contributed by atoms with Gasteiger partial charge in [-0.05, 0) is 30.4 Å². The van der Waals surface area contributed by atoms with Gasteiger partial charge < -0.3 is 4.90 Å². The van der Waals surface area contributed by atoms with Crippen LogP contribution in [0.25, 0.3) is 0 Å². The van der Waals surface area contributed by atoms with Crippen molar-refractivity contribution in [2.75, 3.05) is 18.0 Å². The van der Waals surface area contributed by atoms with Crippen LogP contribution in [0.15, 0.2) is 12.3 Å². The molecule has 0 amide bonds. The second-order valence-electron chi connectivity index (χ2n) is 4.61. The SMILES string of the molecule is CCC1CCN(c2cc(CCl)c(Cl)cn2)CC1. The summed E-state index contributed by atoms with van der Waals surface area (Å²) in [6.07, 6.45) is 5.52. The van der Waals surface area contributed by atoms with Crippen LogP contribution in [0.2, 0.25) is 5.02 Å². The Morgan fingerprint density at radius 2 is 2.12 bits per heavy atom. The fourth-order valence-electron chi connectivity index (χ4n) is 2.31. The molecule has 1 aliphatic heterocycles. The molecule has 0 aliphatic carbocycles. The Bertz CT molecular complexity index is 374. The van der Waals surface area contributed by atoms with E-state index in [0.717, 1.165) is 30.4 Å². The minimum absolute atomic E-state index is 0.444. The first kappa shape index (κ1) is 13.0. The van der Waals surface area contributed by atoms with Gasteiger partial charge in [0.1, 0.15) is 5.82 Å². The third-order valence-electron chi connectivity index (χ3n) is 3.58. The van der Waals surface area contributed by atoms with Crippen LogP contribution in [0.1, 0.15) is 31.7 Å². The van der Waals surface area contributed by atoms with E-state index >= 15 is 0 Å². The monoisotopic (exact) mass is 272 g/mol. The molecule has 1 aromatic heterocycles. The van der Waals surface area contributed by atoms with E-state index < -0.39 is 0 Å². The molecule has 1 aromatic rings. The molecule has 1 fully saturated rings. The molecule has 2 heterocycles. The summed E-state index contributed by atoms with van der Waals surface area (Å²) >= 11 is 11.9. The number of nitrogens with zero attached hydrogens (tertiary/aromatic N) is 2. The van der Waals surface area contributed by atoms with Crippen LogP contribution in [0.4, 0.5) is 5.82 Å². The number of hydrogen-bond acceptors (Lipinski definition) is 2. The number of halogens is 2. The highest BCUT2D eigenvalue weighted by atomic mass is 35.5. The third kappa shape index (κ3) is 3.05. The molecule has 0 saturated carbocycles. The first-order chi connectivity index (χ1) is 8.24. The number of piperidine rings is 1. The lowest BCUT2D eigenvalue weighted by Gasteiger charge is -2.32. The van der Waals surface area contributed by atoms with Crippen LogP contribution < -0.4 is 4.90 Å². The molecule has 0 bridgehead atoms. The summed E-state index contributed by atoms with van der Waals surface area (Å²) in [6, 6.07) is 2.02. The summed E-state index contributed by atoms with van der Waals surface area (Å²) in [4.78, 5) is 6.73. The third-order valence-corrected chi connectivity index (χ3v) is 4.21. The van der Waals surface area contributed by atoms with Gasteiger partial charge in [0, 0.05) is 25.2 Å². The van der Waals surface area contributed by atoms with E-state index in [-0.39, 0.29) is 0 Å². The van der Waals surface area contributed by atoms with Gasteiger partial charge >= 0.3 is 0 Å². The van der Waals surface area contributed by atoms with Crippen LogP contribution in [-0.2, 0) is 5.88 Å². The second-order valence-corrected chi connectivity index (χ2v) is 5.28. The largest absolute Gasteiger partial charge is 0.357 e. The molecule has 2 nitrogen and oxygen atoms in total. The Labute approximate surface area is 113 Å². The summed E-state index contributed by atoms with van der Waals surface area (Å²) < 4.78 is 0. The van der Waals surface area contributed by atoms with E-state index in [1.54, 1.807) is 6.20 Å². The molecule has 0 N–H and O–H groups in total. The van der Waals surface area contributed by atoms with Crippen molar-refractivity contribution in [2.24, 2.45) is 5.92 Å². The summed E-state index contributed by atoms with van der Waals surface area (Å²) in [5.74, 6) is 2.34. The van der Waals surface area contributed by atoms with Gasteiger partial charge in [0.05, 0.1) is 5.02 Å². The number of alkyl halides is 1. The first-order valence-electron chi connectivity index (χ1n) is 6.20. The molecule has 4 heteroatoms. The van der Waals surface area contributed by atoms with Crippen molar-refractivity contribution in [1.82, 2.24) is 4.98 Å². The Morgan fingerprint density at radius 3 is 2.71 bits per heavy atom. The van der Waals surface area contributed by atoms with Crippen molar-refractivity contribution in [3.05, 3.63) is 22.8 Å². The Balaban J connectivity index is 2.08. The summed E-state index contributed by atoms with van der Waals surface area (Å²) in [5, 5.41) is 0.659. The molecule has 2 rings (SSSR count). The lowest BCUT2D eigenvalue weighted by atomic mass is 9.94. The van der Waals surface area contributed by atoms with Crippen molar-refractivity contribution >= 4 is 29.0 Å². The average molecular weight is 273 g/mol. The normalized spacial score (nSPS) is 17.5. The van der Waals surface area contributed by atoms with E-state index in [1.165, 1.54) is 19.3 Å². The number of hydrogen-bond donors (Lipinski definition) is 0. The van der Waals surface area contributed by atoms with Gasteiger partial charge in [-0.1, -0.05) is 24.9 Å². The van der Waals surface area contributed by atoms with Crippen molar-refractivity contribution in [2.45, 2.75) is 32.1 Å². The Morgan fingerprint density at radius 1 is 1.41 bits per heavy atom. The zero-order chi connectivity index (χ0) is 12.3. The van der Waals surface area contributed by atoms with Gasteiger partial charge in [-0.2, -0.15) is 0 Å². The van der Waals surface area contributed by atoms with E-state index in [0.29, 0.717) is 10.9 Å². The zero-order valence-electron chi connectivity index (χ0n) is 10.1. The van der Waals surface area contributed by atoms with Crippen LogP contribution >= 0.6 is 23.2 Å². The number of rotatable bonds is 3. The maximum absolute atomic E-state index is 6.02. The lowest BCUT2D eigenvalue weighted by molar-refractivity contribution is 0.394. The van der Waals surface area contributed by atoms with Gasteiger partial charge in [-0.3, -0.25) is 0 Å². The maximum atomic E-state index is 6.02. The van der Waals surface area contributed by atoms with E-state index in [1.807, 2.05) is 6.07 Å². The minimum atomic E-state index is 0.444. The highest BCUT2D eigenvalue weighted by Gasteiger charge is 2.19. The quantitative estimate of drug-likeness (QED) is 0.771. The van der Waals surface area contributed by atoms with Crippen molar-refractivity contribution < 1.29 is 0 Å². The molecule has 0 radical (unpaired) electrons. The first-order valence-corrected chi connectivity index (χ1v) is 7.11. The van der Waals surface area contributed by atoms with Gasteiger partial charge in [0.2, 0.25) is 0 Å². The van der Waals surface area contributed by atoms with Crippen molar-refractivity contribution in [3.8, 4) is 0 Å². The van der Waals surface area contributed by atoms with Gasteiger partial charge in [-0.15, -0.1) is 11.6 Å². The number of anilines is 1. The van der Waals surface area contributed by atoms with Crippen LogP contribution in [0, 0.1) is 5.92 Å². The van der Waals surface area contributed by atoms with Crippen LogP contribution in [0.5, 0.6) is 0 Å². The molecule has 0 atom stereocenters. The topological polar surface area (TPSA) is 16.1 Å². The molecule has 0 spiro atoms. The molecule has 17 heavy (non-hydrogen) atoms. The summed E-state index contributed by atoms with van der Waals surface area (Å²) in [5.41, 5.74) is 0.968. The van der Waals surface area contributed by atoms with Gasteiger partial charge in [0.15, 0.2) is 0 Å².